The average Bonchev–Trinajstić information content (AvgIpc) is 2.27. The molecule has 0 radical (unpaired) electrons. The number of nitrogens with one attached hydrogen (secondary N) is 1. The lowest BCUT2D eigenvalue weighted by molar-refractivity contribution is -0.146. The van der Waals surface area contributed by atoms with Crippen molar-refractivity contribution in [2.24, 2.45) is 11.8 Å². The van der Waals surface area contributed by atoms with Gasteiger partial charge in [-0.15, -0.1) is 11.8 Å². The number of methoxy groups -OCH3 is 1. The van der Waals surface area contributed by atoms with Crippen LogP contribution in [0, 0.1) is 17.2 Å². The van der Waals surface area contributed by atoms with Crippen molar-refractivity contribution in [3.63, 3.8) is 0 Å². The van der Waals surface area contributed by atoms with Crippen molar-refractivity contribution >= 4 is 22.8 Å². The van der Waals surface area contributed by atoms with Crippen molar-refractivity contribution in [2.45, 2.75) is 25.7 Å². The smallest absolute Gasteiger partial charge is 0.308 e. The molecule has 80 valence electrons. The maximum Gasteiger partial charge on any atom is 0.308 e. The molecule has 1 N–H and O–H groups in total. The first-order valence-electron chi connectivity index (χ1n) is 4.89. The van der Waals surface area contributed by atoms with Gasteiger partial charge in [-0.2, -0.15) is 0 Å². The molecule has 0 aliphatic heterocycles. The van der Waals surface area contributed by atoms with Crippen molar-refractivity contribution in [1.82, 2.24) is 0 Å². The fourth-order valence-corrected chi connectivity index (χ4v) is 2.49. The van der Waals surface area contributed by atoms with Crippen LogP contribution < -0.4 is 0 Å². The number of hydrogen-bond donors (Lipinski definition) is 1. The molecule has 1 saturated carbocycles. The number of hydrogen-bond acceptors (Lipinski definition) is 4. The minimum absolute atomic E-state index is 0.0749. The molecule has 0 bridgehead atoms. The molecule has 0 saturated heterocycles. The third-order valence-electron chi connectivity index (χ3n) is 2.85. The van der Waals surface area contributed by atoms with Gasteiger partial charge in [-0.1, -0.05) is 0 Å². The fraction of sp³-hybridized carbons (Fsp3) is 0.800. The van der Waals surface area contributed by atoms with E-state index >= 15 is 0 Å². The van der Waals surface area contributed by atoms with Gasteiger partial charge in [-0.25, -0.2) is 0 Å². The van der Waals surface area contributed by atoms with E-state index in [9.17, 15) is 4.79 Å². The van der Waals surface area contributed by atoms with E-state index in [4.69, 9.17) is 10.1 Å². The summed E-state index contributed by atoms with van der Waals surface area (Å²) in [6.45, 7) is 0. The number of ether oxygens (including phenoxy) is 1. The molecule has 0 amide bonds. The second kappa shape index (κ2) is 5.39. The first kappa shape index (κ1) is 11.6. The fourth-order valence-electron chi connectivity index (χ4n) is 1.92. The first-order chi connectivity index (χ1) is 6.69. The normalized spacial score (nSPS) is 27.0. The van der Waals surface area contributed by atoms with E-state index in [0.717, 1.165) is 30.7 Å². The molecular weight excluding hydrogens is 198 g/mol. The van der Waals surface area contributed by atoms with E-state index in [1.807, 2.05) is 6.26 Å². The van der Waals surface area contributed by atoms with Crippen molar-refractivity contribution in [3.8, 4) is 0 Å². The Balaban J connectivity index is 2.38. The zero-order chi connectivity index (χ0) is 10.6. The van der Waals surface area contributed by atoms with Crippen LogP contribution in [0.25, 0.3) is 0 Å². The monoisotopic (exact) mass is 215 g/mol. The molecule has 14 heavy (non-hydrogen) atoms. The largest absolute Gasteiger partial charge is 0.469 e. The van der Waals surface area contributed by atoms with Crippen LogP contribution in [0.5, 0.6) is 0 Å². The summed E-state index contributed by atoms with van der Waals surface area (Å²) in [6, 6.07) is 0. The second-order valence-corrected chi connectivity index (χ2v) is 4.49. The number of carbonyl (C=O) groups excluding carboxylic acids is 1. The number of rotatable bonds is 2. The molecule has 0 aromatic rings. The topological polar surface area (TPSA) is 50.2 Å². The highest BCUT2D eigenvalue weighted by Gasteiger charge is 2.28. The zero-order valence-corrected chi connectivity index (χ0v) is 9.52. The summed E-state index contributed by atoms with van der Waals surface area (Å²) < 4.78 is 4.71. The van der Waals surface area contributed by atoms with Gasteiger partial charge in [-0.05, 0) is 31.9 Å². The van der Waals surface area contributed by atoms with Crippen molar-refractivity contribution in [1.29, 1.82) is 5.41 Å². The minimum atomic E-state index is -0.0841. The first-order valence-corrected chi connectivity index (χ1v) is 6.11. The van der Waals surface area contributed by atoms with Gasteiger partial charge < -0.3 is 4.74 Å². The highest BCUT2D eigenvalue weighted by atomic mass is 32.2. The summed E-state index contributed by atoms with van der Waals surface area (Å²) in [5.74, 6) is 0.371. The molecule has 1 fully saturated rings. The summed E-state index contributed by atoms with van der Waals surface area (Å²) in [7, 11) is 1.44. The molecule has 0 spiro atoms. The van der Waals surface area contributed by atoms with E-state index in [-0.39, 0.29) is 11.9 Å². The Morgan fingerprint density at radius 2 is 1.79 bits per heavy atom. The summed E-state index contributed by atoms with van der Waals surface area (Å²) >= 11 is 1.51. The van der Waals surface area contributed by atoms with E-state index in [0.29, 0.717) is 5.92 Å². The lowest BCUT2D eigenvalue weighted by Gasteiger charge is -2.26. The predicted octanol–water partition coefficient (Wildman–Crippen LogP) is 2.31. The number of thioether (sulfide) groups is 1. The quantitative estimate of drug-likeness (QED) is 0.437. The summed E-state index contributed by atoms with van der Waals surface area (Å²) in [4.78, 5) is 11.2. The molecule has 0 aromatic heterocycles. The Kier molecular flexibility index (Phi) is 4.45. The van der Waals surface area contributed by atoms with Crippen molar-refractivity contribution in [3.05, 3.63) is 0 Å². The van der Waals surface area contributed by atoms with Gasteiger partial charge in [-0.3, -0.25) is 10.2 Å². The van der Waals surface area contributed by atoms with Crippen LogP contribution in [-0.4, -0.2) is 24.4 Å². The molecule has 0 heterocycles. The molecule has 1 rings (SSSR count). The van der Waals surface area contributed by atoms with Crippen LogP contribution in [-0.2, 0) is 9.53 Å². The maximum atomic E-state index is 11.2. The van der Waals surface area contributed by atoms with E-state index in [2.05, 4.69) is 0 Å². The predicted molar refractivity (Wildman–Crippen MR) is 58.7 cm³/mol. The van der Waals surface area contributed by atoms with Crippen LogP contribution in [0.3, 0.4) is 0 Å². The van der Waals surface area contributed by atoms with Crippen LogP contribution in [0.2, 0.25) is 0 Å². The highest BCUT2D eigenvalue weighted by molar-refractivity contribution is 8.13. The Morgan fingerprint density at radius 1 is 1.29 bits per heavy atom. The summed E-state index contributed by atoms with van der Waals surface area (Å²) in [5.41, 5.74) is 0. The standard InChI is InChI=1S/C10H17NO2S/c1-13-10(12)8-5-3-7(4-6-8)9(11)14-2/h7-8,11H,3-6H2,1-2H3. The van der Waals surface area contributed by atoms with Gasteiger partial charge in [0.1, 0.15) is 0 Å². The van der Waals surface area contributed by atoms with E-state index < -0.39 is 0 Å². The maximum absolute atomic E-state index is 11.2. The number of esters is 1. The molecule has 3 nitrogen and oxygen atoms in total. The lowest BCUT2D eigenvalue weighted by Crippen LogP contribution is -2.25. The molecule has 1 aliphatic carbocycles. The van der Waals surface area contributed by atoms with Crippen LogP contribution >= 0.6 is 11.8 Å². The van der Waals surface area contributed by atoms with Gasteiger partial charge >= 0.3 is 5.97 Å². The van der Waals surface area contributed by atoms with Gasteiger partial charge in [0.2, 0.25) is 0 Å². The average molecular weight is 215 g/mol. The third kappa shape index (κ3) is 2.74. The van der Waals surface area contributed by atoms with Gasteiger partial charge in [0.25, 0.3) is 0 Å². The molecular formula is C10H17NO2S. The lowest BCUT2D eigenvalue weighted by atomic mass is 9.82. The van der Waals surface area contributed by atoms with Crippen LogP contribution in [0.4, 0.5) is 0 Å². The van der Waals surface area contributed by atoms with Gasteiger partial charge in [0.05, 0.1) is 18.1 Å². The van der Waals surface area contributed by atoms with Gasteiger partial charge in [0, 0.05) is 5.92 Å². The van der Waals surface area contributed by atoms with Crippen LogP contribution in [0.1, 0.15) is 25.7 Å². The van der Waals surface area contributed by atoms with Gasteiger partial charge in [0.15, 0.2) is 0 Å². The third-order valence-corrected chi connectivity index (χ3v) is 3.63. The van der Waals surface area contributed by atoms with Crippen LogP contribution in [0.15, 0.2) is 0 Å². The second-order valence-electron chi connectivity index (χ2n) is 3.64. The van der Waals surface area contributed by atoms with E-state index in [1.165, 1.54) is 18.9 Å². The summed E-state index contributed by atoms with van der Waals surface area (Å²) in [6.07, 6.45) is 5.61. The molecule has 0 unspecified atom stereocenters. The molecule has 0 aromatic carbocycles. The Bertz CT molecular complexity index is 198. The molecule has 1 aliphatic rings. The Hall–Kier alpha value is -0.510. The summed E-state index contributed by atoms with van der Waals surface area (Å²) in [5, 5.41) is 8.45. The SMILES string of the molecule is COC(=O)C1CCC(C(=N)SC)CC1. The van der Waals surface area contributed by atoms with Crippen molar-refractivity contribution in [2.75, 3.05) is 13.4 Å². The molecule has 4 heteroatoms. The number of carbonyl (C=O) groups is 1. The minimum Gasteiger partial charge on any atom is -0.469 e. The highest BCUT2D eigenvalue weighted by Crippen LogP contribution is 2.31. The Labute approximate surface area is 89.1 Å². The zero-order valence-electron chi connectivity index (χ0n) is 8.71. The molecule has 0 atom stereocenters. The Morgan fingerprint density at radius 3 is 2.21 bits per heavy atom. The van der Waals surface area contributed by atoms with Crippen molar-refractivity contribution < 1.29 is 9.53 Å². The van der Waals surface area contributed by atoms with E-state index in [1.54, 1.807) is 0 Å².